The van der Waals surface area contributed by atoms with Crippen molar-refractivity contribution < 1.29 is 19.4 Å². The summed E-state index contributed by atoms with van der Waals surface area (Å²) in [5.41, 5.74) is -0.825. The molecule has 1 aromatic heterocycles. The lowest BCUT2D eigenvalue weighted by atomic mass is 10.1. The van der Waals surface area contributed by atoms with Crippen molar-refractivity contribution in [1.29, 1.82) is 0 Å². The molecule has 9 nitrogen and oxygen atoms in total. The summed E-state index contributed by atoms with van der Waals surface area (Å²) in [4.78, 5) is 31.9. The molecule has 0 N–H and O–H groups in total. The second-order valence-corrected chi connectivity index (χ2v) is 4.59. The van der Waals surface area contributed by atoms with Crippen LogP contribution in [0, 0.1) is 27.2 Å². The van der Waals surface area contributed by atoms with Crippen LogP contribution in [0.5, 0.6) is 5.75 Å². The second-order valence-electron chi connectivity index (χ2n) is 3.93. The maximum Gasteiger partial charge on any atom is 0.346 e. The molecular weight excluding hydrogens is 302 g/mol. The Morgan fingerprint density at radius 1 is 1.29 bits per heavy atom. The lowest BCUT2D eigenvalue weighted by molar-refractivity contribution is -0.394. The molecule has 2 aromatic rings. The highest BCUT2D eigenvalue weighted by Crippen LogP contribution is 2.35. The van der Waals surface area contributed by atoms with E-state index >= 15 is 0 Å². The van der Waals surface area contributed by atoms with Gasteiger partial charge in [0.05, 0.1) is 27.7 Å². The summed E-state index contributed by atoms with van der Waals surface area (Å²) in [5, 5.41) is 23.1. The van der Waals surface area contributed by atoms with Crippen molar-refractivity contribution >= 4 is 28.9 Å². The highest BCUT2D eigenvalue weighted by Gasteiger charge is 2.26. The predicted octanol–water partition coefficient (Wildman–Crippen LogP) is 2.49. The summed E-state index contributed by atoms with van der Waals surface area (Å²) < 4.78 is 8.70. The van der Waals surface area contributed by atoms with Gasteiger partial charge in [-0.3, -0.25) is 20.2 Å². The fourth-order valence-electron chi connectivity index (χ4n) is 1.57. The average Bonchev–Trinajstić information content (AvgIpc) is 2.94. The molecule has 0 fully saturated rings. The van der Waals surface area contributed by atoms with Crippen LogP contribution >= 0.6 is 11.5 Å². The van der Waals surface area contributed by atoms with Gasteiger partial charge >= 0.3 is 11.7 Å². The Morgan fingerprint density at radius 2 is 2.00 bits per heavy atom. The summed E-state index contributed by atoms with van der Waals surface area (Å²) in [7, 11) is 0. The molecule has 108 valence electrons. The Labute approximate surface area is 121 Å². The summed E-state index contributed by atoms with van der Waals surface area (Å²) >= 11 is 1.03. The van der Waals surface area contributed by atoms with Crippen LogP contribution in [0.3, 0.4) is 0 Å². The number of aryl methyl sites for hydroxylation is 1. The van der Waals surface area contributed by atoms with Crippen LogP contribution in [0.15, 0.2) is 23.7 Å². The minimum Gasteiger partial charge on any atom is -0.415 e. The number of carbonyl (C=O) groups excluding carboxylic acids is 1. The van der Waals surface area contributed by atoms with Gasteiger partial charge < -0.3 is 4.74 Å². The molecule has 0 bridgehead atoms. The number of ether oxygens (including phenoxy) is 1. The number of rotatable bonds is 4. The third-order valence-corrected chi connectivity index (χ3v) is 3.10. The van der Waals surface area contributed by atoms with Crippen LogP contribution in [-0.4, -0.2) is 20.2 Å². The van der Waals surface area contributed by atoms with Crippen molar-refractivity contribution in [2.24, 2.45) is 0 Å². The third kappa shape index (κ3) is 3.00. The summed E-state index contributed by atoms with van der Waals surface area (Å²) in [6.07, 6.45) is 1.26. The molecule has 2 rings (SSSR count). The van der Waals surface area contributed by atoms with Crippen LogP contribution in [0.4, 0.5) is 11.4 Å². The minimum atomic E-state index is -0.839. The molecule has 0 atom stereocenters. The lowest BCUT2D eigenvalue weighted by Crippen LogP contribution is -2.10. The van der Waals surface area contributed by atoms with E-state index in [0.29, 0.717) is 0 Å². The van der Waals surface area contributed by atoms with Crippen LogP contribution in [-0.2, 0) is 0 Å². The number of nitrogens with zero attached hydrogens (tertiary/aromatic N) is 3. The van der Waals surface area contributed by atoms with Gasteiger partial charge in [-0.05, 0) is 18.5 Å². The molecular formula is C11H7N3O6S. The number of hydrogen-bond acceptors (Lipinski definition) is 8. The zero-order valence-electron chi connectivity index (χ0n) is 10.5. The van der Waals surface area contributed by atoms with Gasteiger partial charge in [-0.25, -0.2) is 9.17 Å². The topological polar surface area (TPSA) is 125 Å². The van der Waals surface area contributed by atoms with Gasteiger partial charge in [-0.15, -0.1) is 0 Å². The van der Waals surface area contributed by atoms with E-state index < -0.39 is 27.2 Å². The van der Waals surface area contributed by atoms with Crippen molar-refractivity contribution in [3.05, 3.63) is 55.1 Å². The maximum absolute atomic E-state index is 11.8. The zero-order chi connectivity index (χ0) is 15.6. The van der Waals surface area contributed by atoms with E-state index in [-0.39, 0.29) is 16.9 Å². The van der Waals surface area contributed by atoms with E-state index in [9.17, 15) is 25.0 Å². The fraction of sp³-hybridized carbons (Fsp3) is 0.0909. The monoisotopic (exact) mass is 309 g/mol. The molecule has 10 heteroatoms. The van der Waals surface area contributed by atoms with Crippen molar-refractivity contribution in [3.8, 4) is 5.75 Å². The Morgan fingerprint density at radius 3 is 2.52 bits per heavy atom. The molecule has 0 amide bonds. The van der Waals surface area contributed by atoms with Crippen molar-refractivity contribution in [1.82, 2.24) is 4.37 Å². The molecule has 21 heavy (non-hydrogen) atoms. The first-order valence-electron chi connectivity index (χ1n) is 5.45. The van der Waals surface area contributed by atoms with E-state index in [1.165, 1.54) is 18.5 Å². The van der Waals surface area contributed by atoms with E-state index in [0.717, 1.165) is 23.7 Å². The molecule has 0 unspecified atom stereocenters. The average molecular weight is 309 g/mol. The number of nitro groups is 2. The highest BCUT2D eigenvalue weighted by atomic mass is 32.1. The summed E-state index contributed by atoms with van der Waals surface area (Å²) in [5.74, 6) is -1.13. The second kappa shape index (κ2) is 5.63. The quantitative estimate of drug-likeness (QED) is 0.367. The molecule has 0 saturated carbocycles. The Hall–Kier alpha value is -2.88. The number of carbonyl (C=O) groups is 1. The van der Waals surface area contributed by atoms with Gasteiger partial charge in [0, 0.05) is 17.0 Å². The number of hydrogen-bond donors (Lipinski definition) is 0. The normalized spacial score (nSPS) is 10.1. The van der Waals surface area contributed by atoms with E-state index in [4.69, 9.17) is 4.74 Å². The summed E-state index contributed by atoms with van der Waals surface area (Å²) in [6.45, 7) is 1.38. The predicted molar refractivity (Wildman–Crippen MR) is 71.6 cm³/mol. The first-order valence-corrected chi connectivity index (χ1v) is 6.28. The maximum atomic E-state index is 11.8. The standard InChI is InChI=1S/C11H7N3O6S/c1-6-2-8(13(16)17)3-9(14(18)19)10(6)20-11(15)7-4-12-21-5-7/h2-5H,1H3. The number of esters is 1. The number of aromatic nitrogens is 1. The largest absolute Gasteiger partial charge is 0.415 e. The Balaban J connectivity index is 2.45. The number of benzene rings is 1. The van der Waals surface area contributed by atoms with E-state index in [1.54, 1.807) is 0 Å². The lowest BCUT2D eigenvalue weighted by Gasteiger charge is -2.07. The first kappa shape index (κ1) is 14.5. The zero-order valence-corrected chi connectivity index (χ0v) is 11.3. The number of non-ortho nitro benzene ring substituents is 1. The first-order chi connectivity index (χ1) is 9.90. The molecule has 0 aliphatic carbocycles. The van der Waals surface area contributed by atoms with Gasteiger partial charge in [0.15, 0.2) is 0 Å². The Bertz CT molecular complexity index is 728. The molecule has 0 radical (unpaired) electrons. The van der Waals surface area contributed by atoms with Gasteiger partial charge in [0.1, 0.15) is 0 Å². The molecule has 0 spiro atoms. The molecule has 1 aromatic carbocycles. The fourth-order valence-corrected chi connectivity index (χ4v) is 2.07. The van der Waals surface area contributed by atoms with Crippen LogP contribution in [0.2, 0.25) is 0 Å². The Kier molecular flexibility index (Phi) is 3.89. The van der Waals surface area contributed by atoms with Crippen LogP contribution in [0.25, 0.3) is 0 Å². The van der Waals surface area contributed by atoms with Crippen molar-refractivity contribution in [2.45, 2.75) is 6.92 Å². The van der Waals surface area contributed by atoms with Crippen molar-refractivity contribution in [3.63, 3.8) is 0 Å². The highest BCUT2D eigenvalue weighted by molar-refractivity contribution is 7.03. The van der Waals surface area contributed by atoms with Gasteiger partial charge in [0.2, 0.25) is 5.75 Å². The van der Waals surface area contributed by atoms with Gasteiger partial charge in [-0.2, -0.15) is 0 Å². The SMILES string of the molecule is Cc1cc([N+](=O)[O-])cc([N+](=O)[O-])c1OC(=O)c1cnsc1. The van der Waals surface area contributed by atoms with Crippen LogP contribution in [0.1, 0.15) is 15.9 Å². The molecule has 0 aliphatic heterocycles. The third-order valence-electron chi connectivity index (χ3n) is 2.51. The molecule has 0 saturated heterocycles. The smallest absolute Gasteiger partial charge is 0.346 e. The molecule has 0 aliphatic rings. The van der Waals surface area contributed by atoms with Gasteiger partial charge in [-0.1, -0.05) is 0 Å². The van der Waals surface area contributed by atoms with E-state index in [2.05, 4.69) is 4.37 Å². The van der Waals surface area contributed by atoms with Gasteiger partial charge in [0.25, 0.3) is 5.69 Å². The molecule has 1 heterocycles. The summed E-state index contributed by atoms with van der Waals surface area (Å²) in [6, 6.07) is 1.85. The number of nitro benzene ring substituents is 2. The minimum absolute atomic E-state index is 0.118. The van der Waals surface area contributed by atoms with E-state index in [1.807, 2.05) is 0 Å². The van der Waals surface area contributed by atoms with Crippen LogP contribution < -0.4 is 4.74 Å². The van der Waals surface area contributed by atoms with Crippen molar-refractivity contribution in [2.75, 3.05) is 0 Å².